The second kappa shape index (κ2) is 8.17. The summed E-state index contributed by atoms with van der Waals surface area (Å²) in [6.07, 6.45) is 6.09. The Bertz CT molecular complexity index is 445. The highest BCUT2D eigenvalue weighted by molar-refractivity contribution is 5.74. The van der Waals surface area contributed by atoms with E-state index in [0.29, 0.717) is 25.2 Å². The summed E-state index contributed by atoms with van der Waals surface area (Å²) in [5.74, 6) is 0. The van der Waals surface area contributed by atoms with E-state index in [1.165, 1.54) is 12.8 Å². The third-order valence-corrected chi connectivity index (χ3v) is 4.40. The lowest BCUT2D eigenvalue weighted by molar-refractivity contribution is 0.179. The minimum absolute atomic E-state index is 0.0327. The van der Waals surface area contributed by atoms with Gasteiger partial charge in [-0.25, -0.2) is 4.79 Å². The first kappa shape index (κ1) is 16.8. The highest BCUT2D eigenvalue weighted by atomic mass is 16.2. The Kier molecular flexibility index (Phi) is 6.24. The number of likely N-dealkylation sites (N-methyl/N-ethyl adjacent to an activating group) is 1. The van der Waals surface area contributed by atoms with Crippen LogP contribution in [-0.4, -0.2) is 63.9 Å². The summed E-state index contributed by atoms with van der Waals surface area (Å²) in [7, 11) is 0. The maximum absolute atomic E-state index is 12.3. The first-order valence-corrected chi connectivity index (χ1v) is 8.37. The van der Waals surface area contributed by atoms with Gasteiger partial charge in [0.05, 0.1) is 6.54 Å². The molecule has 1 aromatic rings. The van der Waals surface area contributed by atoms with Crippen LogP contribution in [0.5, 0.6) is 0 Å². The molecule has 1 N–H and O–H groups in total. The number of aromatic nitrogens is 2. The van der Waals surface area contributed by atoms with Gasteiger partial charge in [-0.1, -0.05) is 0 Å². The van der Waals surface area contributed by atoms with Gasteiger partial charge in [-0.05, 0) is 46.2 Å². The Hall–Kier alpha value is -1.56. The molecular weight excluding hydrogens is 278 g/mol. The zero-order valence-corrected chi connectivity index (χ0v) is 14.0. The smallest absolute Gasteiger partial charge is 0.317 e. The summed E-state index contributed by atoms with van der Waals surface area (Å²) in [4.78, 5) is 16.7. The number of nitrogens with zero attached hydrogens (tertiary/aromatic N) is 4. The summed E-state index contributed by atoms with van der Waals surface area (Å²) < 4.78 is 1.85. The van der Waals surface area contributed by atoms with Crippen LogP contribution in [-0.2, 0) is 6.54 Å². The fourth-order valence-corrected chi connectivity index (χ4v) is 3.13. The molecule has 1 aromatic heterocycles. The van der Waals surface area contributed by atoms with Gasteiger partial charge in [-0.2, -0.15) is 5.10 Å². The molecule has 1 saturated heterocycles. The second-order valence-electron chi connectivity index (χ2n) is 6.16. The van der Waals surface area contributed by atoms with Crippen LogP contribution in [0.2, 0.25) is 0 Å². The van der Waals surface area contributed by atoms with Gasteiger partial charge in [-0.15, -0.1) is 0 Å². The van der Waals surface area contributed by atoms with Crippen LogP contribution in [0.4, 0.5) is 4.79 Å². The Balaban J connectivity index is 1.76. The molecule has 1 aliphatic rings. The van der Waals surface area contributed by atoms with Crippen LogP contribution in [0.25, 0.3) is 0 Å². The van der Waals surface area contributed by atoms with Crippen molar-refractivity contribution in [1.82, 2.24) is 24.9 Å². The SMILES string of the molecule is CCN(CCn1cccn1)C(=O)NCC1CCCN1C(C)C. The van der Waals surface area contributed by atoms with Crippen molar-refractivity contribution in [3.05, 3.63) is 18.5 Å². The number of likely N-dealkylation sites (tertiary alicyclic amines) is 1. The van der Waals surface area contributed by atoms with Gasteiger partial charge in [0, 0.05) is 44.1 Å². The molecule has 0 spiro atoms. The van der Waals surface area contributed by atoms with Crippen molar-refractivity contribution in [3.8, 4) is 0 Å². The molecule has 6 heteroatoms. The standard InChI is InChI=1S/C16H29N5O/c1-4-19(11-12-20-9-6-8-18-20)16(22)17-13-15-7-5-10-21(15)14(2)3/h6,8-9,14-15H,4-5,7,10-13H2,1-3H3,(H,17,22). The third-order valence-electron chi connectivity index (χ3n) is 4.40. The van der Waals surface area contributed by atoms with Gasteiger partial charge in [0.15, 0.2) is 0 Å². The van der Waals surface area contributed by atoms with E-state index >= 15 is 0 Å². The van der Waals surface area contributed by atoms with Crippen LogP contribution in [0.15, 0.2) is 18.5 Å². The normalized spacial score (nSPS) is 18.8. The van der Waals surface area contributed by atoms with Gasteiger partial charge in [-0.3, -0.25) is 9.58 Å². The van der Waals surface area contributed by atoms with E-state index in [4.69, 9.17) is 0 Å². The number of carbonyl (C=O) groups is 1. The maximum atomic E-state index is 12.3. The first-order chi connectivity index (χ1) is 10.6. The molecule has 1 aliphatic heterocycles. The molecule has 0 aliphatic carbocycles. The van der Waals surface area contributed by atoms with Gasteiger partial charge in [0.1, 0.15) is 0 Å². The predicted molar refractivity (Wildman–Crippen MR) is 87.7 cm³/mol. The van der Waals surface area contributed by atoms with Crippen LogP contribution >= 0.6 is 0 Å². The van der Waals surface area contributed by atoms with Crippen LogP contribution < -0.4 is 5.32 Å². The molecule has 2 amide bonds. The van der Waals surface area contributed by atoms with Crippen molar-refractivity contribution in [1.29, 1.82) is 0 Å². The van der Waals surface area contributed by atoms with Gasteiger partial charge >= 0.3 is 6.03 Å². The monoisotopic (exact) mass is 307 g/mol. The second-order valence-corrected chi connectivity index (χ2v) is 6.16. The molecule has 0 aromatic carbocycles. The Morgan fingerprint density at radius 1 is 1.50 bits per heavy atom. The van der Waals surface area contributed by atoms with Crippen molar-refractivity contribution in [3.63, 3.8) is 0 Å². The van der Waals surface area contributed by atoms with E-state index in [9.17, 15) is 4.79 Å². The number of hydrogen-bond acceptors (Lipinski definition) is 3. The number of urea groups is 1. The maximum Gasteiger partial charge on any atom is 0.317 e. The first-order valence-electron chi connectivity index (χ1n) is 8.37. The summed E-state index contributed by atoms with van der Waals surface area (Å²) >= 11 is 0. The van der Waals surface area contributed by atoms with Crippen LogP contribution in [0.3, 0.4) is 0 Å². The fraction of sp³-hybridized carbons (Fsp3) is 0.750. The predicted octanol–water partition coefficient (Wildman–Crippen LogP) is 1.79. The van der Waals surface area contributed by atoms with Gasteiger partial charge in [0.2, 0.25) is 0 Å². The molecule has 0 saturated carbocycles. The highest BCUT2D eigenvalue weighted by Gasteiger charge is 2.27. The van der Waals surface area contributed by atoms with E-state index in [1.54, 1.807) is 6.20 Å². The molecule has 1 atom stereocenters. The summed E-state index contributed by atoms with van der Waals surface area (Å²) in [5, 5.41) is 7.28. The van der Waals surface area contributed by atoms with E-state index in [1.807, 2.05) is 28.8 Å². The van der Waals surface area contributed by atoms with Crippen molar-refractivity contribution in [2.24, 2.45) is 0 Å². The lowest BCUT2D eigenvalue weighted by Crippen LogP contribution is -2.47. The average molecular weight is 307 g/mol. The molecular formula is C16H29N5O. The minimum atomic E-state index is 0.0327. The largest absolute Gasteiger partial charge is 0.336 e. The Morgan fingerprint density at radius 2 is 2.32 bits per heavy atom. The van der Waals surface area contributed by atoms with E-state index < -0.39 is 0 Å². The van der Waals surface area contributed by atoms with Crippen LogP contribution in [0, 0.1) is 0 Å². The molecule has 0 radical (unpaired) electrons. The van der Waals surface area contributed by atoms with Crippen molar-refractivity contribution < 1.29 is 4.79 Å². The van der Waals surface area contributed by atoms with Gasteiger partial charge < -0.3 is 10.2 Å². The zero-order valence-electron chi connectivity index (χ0n) is 14.0. The summed E-state index contributed by atoms with van der Waals surface area (Å²) in [6, 6.07) is 2.96. The quantitative estimate of drug-likeness (QED) is 0.835. The molecule has 1 fully saturated rings. The zero-order chi connectivity index (χ0) is 15.9. The lowest BCUT2D eigenvalue weighted by Gasteiger charge is -2.29. The molecule has 1 unspecified atom stereocenters. The minimum Gasteiger partial charge on any atom is -0.336 e. The number of nitrogens with one attached hydrogen (secondary N) is 1. The van der Waals surface area contributed by atoms with Crippen molar-refractivity contribution in [2.45, 2.75) is 52.2 Å². The summed E-state index contributed by atoms with van der Waals surface area (Å²) in [6.45, 7) is 10.5. The third kappa shape index (κ3) is 4.47. The molecule has 6 nitrogen and oxygen atoms in total. The summed E-state index contributed by atoms with van der Waals surface area (Å²) in [5.41, 5.74) is 0. The number of rotatable bonds is 7. The van der Waals surface area contributed by atoms with Crippen molar-refractivity contribution in [2.75, 3.05) is 26.2 Å². The lowest BCUT2D eigenvalue weighted by atomic mass is 10.2. The highest BCUT2D eigenvalue weighted by Crippen LogP contribution is 2.19. The molecule has 124 valence electrons. The molecule has 2 rings (SSSR count). The number of amides is 2. The molecule has 0 bridgehead atoms. The number of carbonyl (C=O) groups excluding carboxylic acids is 1. The van der Waals surface area contributed by atoms with E-state index in [-0.39, 0.29) is 6.03 Å². The van der Waals surface area contributed by atoms with E-state index in [2.05, 4.69) is 29.2 Å². The Labute approximate surface area is 133 Å². The van der Waals surface area contributed by atoms with Gasteiger partial charge in [0.25, 0.3) is 0 Å². The molecule has 2 heterocycles. The van der Waals surface area contributed by atoms with Crippen molar-refractivity contribution >= 4 is 6.03 Å². The Morgan fingerprint density at radius 3 is 2.95 bits per heavy atom. The average Bonchev–Trinajstić information content (AvgIpc) is 3.16. The number of hydrogen-bond donors (Lipinski definition) is 1. The topological polar surface area (TPSA) is 53.4 Å². The fourth-order valence-electron chi connectivity index (χ4n) is 3.13. The molecule has 22 heavy (non-hydrogen) atoms. The van der Waals surface area contributed by atoms with Crippen LogP contribution in [0.1, 0.15) is 33.6 Å². The van der Waals surface area contributed by atoms with E-state index in [0.717, 1.165) is 19.6 Å².